The van der Waals surface area contributed by atoms with E-state index in [1.807, 2.05) is 18.2 Å². The quantitative estimate of drug-likeness (QED) is 0.914. The Morgan fingerprint density at radius 3 is 2.67 bits per heavy atom. The lowest BCUT2D eigenvalue weighted by Crippen LogP contribution is -2.33. The van der Waals surface area contributed by atoms with E-state index in [9.17, 15) is 4.79 Å². The van der Waals surface area contributed by atoms with Crippen molar-refractivity contribution in [3.05, 3.63) is 60.1 Å². The Morgan fingerprint density at radius 2 is 2.00 bits per heavy atom. The molecule has 2 saturated carbocycles. The van der Waals surface area contributed by atoms with Crippen LogP contribution in [-0.4, -0.2) is 12.5 Å². The van der Waals surface area contributed by atoms with Gasteiger partial charge in [-0.2, -0.15) is 0 Å². The molecule has 1 heterocycles. The van der Waals surface area contributed by atoms with Gasteiger partial charge in [0, 0.05) is 23.8 Å². The molecule has 0 unspecified atom stereocenters. The van der Waals surface area contributed by atoms with Gasteiger partial charge in [-0.3, -0.25) is 4.79 Å². The molecule has 1 aromatic carbocycles. The molecule has 3 heteroatoms. The molecule has 2 fully saturated rings. The number of benzene rings is 1. The van der Waals surface area contributed by atoms with Crippen LogP contribution in [0, 0.1) is 5.92 Å². The first-order valence-corrected chi connectivity index (χ1v) is 7.65. The fourth-order valence-corrected chi connectivity index (χ4v) is 3.20. The second kappa shape index (κ2) is 4.76. The van der Waals surface area contributed by atoms with Gasteiger partial charge in [0.2, 0.25) is 5.91 Å². The van der Waals surface area contributed by atoms with Crippen LogP contribution >= 0.6 is 0 Å². The molecule has 4 rings (SSSR count). The summed E-state index contributed by atoms with van der Waals surface area (Å²) in [5.41, 5.74) is 1.54. The van der Waals surface area contributed by atoms with Crippen LogP contribution in [0.25, 0.3) is 0 Å². The molecule has 2 aliphatic carbocycles. The average molecular weight is 281 g/mol. The van der Waals surface area contributed by atoms with Crippen LogP contribution in [0.1, 0.15) is 36.5 Å². The van der Waals surface area contributed by atoms with Crippen molar-refractivity contribution < 1.29 is 9.21 Å². The number of carbonyl (C=O) groups excluding carboxylic acids is 1. The van der Waals surface area contributed by atoms with Crippen molar-refractivity contribution in [2.75, 3.05) is 6.54 Å². The number of nitrogens with one attached hydrogen (secondary N) is 1. The third kappa shape index (κ3) is 2.37. The second-order valence-corrected chi connectivity index (χ2v) is 6.33. The molecule has 0 saturated heterocycles. The van der Waals surface area contributed by atoms with Crippen molar-refractivity contribution in [3.8, 4) is 0 Å². The molecule has 2 aliphatic rings. The summed E-state index contributed by atoms with van der Waals surface area (Å²) in [4.78, 5) is 12.3. The Balaban J connectivity index is 1.35. The van der Waals surface area contributed by atoms with Gasteiger partial charge < -0.3 is 9.73 Å². The van der Waals surface area contributed by atoms with E-state index < -0.39 is 0 Å². The Kier molecular flexibility index (Phi) is 2.88. The summed E-state index contributed by atoms with van der Waals surface area (Å²) in [6, 6.07) is 14.4. The number of hydrogen-bond acceptors (Lipinski definition) is 2. The first kappa shape index (κ1) is 12.7. The van der Waals surface area contributed by atoms with Gasteiger partial charge in [0.15, 0.2) is 0 Å². The van der Waals surface area contributed by atoms with Crippen molar-refractivity contribution in [1.82, 2.24) is 5.32 Å². The zero-order chi connectivity index (χ0) is 14.3. The predicted molar refractivity (Wildman–Crippen MR) is 79.9 cm³/mol. The molecule has 0 bridgehead atoms. The third-order valence-electron chi connectivity index (χ3n) is 4.88. The molecule has 1 amide bonds. The van der Waals surface area contributed by atoms with Gasteiger partial charge in [0.1, 0.15) is 5.76 Å². The summed E-state index contributed by atoms with van der Waals surface area (Å²) in [6.45, 7) is 0.761. The van der Waals surface area contributed by atoms with Crippen LogP contribution in [0.15, 0.2) is 53.1 Å². The molecule has 3 nitrogen and oxygen atoms in total. The molecular formula is C18H19NO2. The predicted octanol–water partition coefficient (Wildman–Crippen LogP) is 3.23. The van der Waals surface area contributed by atoms with Crippen molar-refractivity contribution in [1.29, 1.82) is 0 Å². The molecule has 1 N–H and O–H groups in total. The second-order valence-electron chi connectivity index (χ2n) is 6.33. The molecule has 2 atom stereocenters. The molecule has 1 aromatic heterocycles. The minimum atomic E-state index is 0.0997. The van der Waals surface area contributed by atoms with Gasteiger partial charge in [-0.15, -0.1) is 0 Å². The van der Waals surface area contributed by atoms with Crippen LogP contribution in [0.3, 0.4) is 0 Å². The minimum Gasteiger partial charge on any atom is -0.469 e. The van der Waals surface area contributed by atoms with E-state index in [0.29, 0.717) is 0 Å². The van der Waals surface area contributed by atoms with Gasteiger partial charge in [0.05, 0.1) is 6.26 Å². The lowest BCUT2D eigenvalue weighted by molar-refractivity contribution is -0.122. The SMILES string of the molecule is O=C(NCC1(c2ccccc2)CC1)[C@H]1C[C@H]1c1ccco1. The van der Waals surface area contributed by atoms with E-state index in [-0.39, 0.29) is 23.2 Å². The van der Waals surface area contributed by atoms with Crippen LogP contribution in [0.5, 0.6) is 0 Å². The third-order valence-corrected chi connectivity index (χ3v) is 4.88. The smallest absolute Gasteiger partial charge is 0.223 e. The standard InChI is InChI=1S/C18H19NO2/c20-17(15-11-14(15)16-7-4-10-21-16)19-12-18(8-9-18)13-5-2-1-3-6-13/h1-7,10,14-15H,8-9,11-12H2,(H,19,20)/t14-,15+/m1/s1. The van der Waals surface area contributed by atoms with Crippen LogP contribution in [0.2, 0.25) is 0 Å². The highest BCUT2D eigenvalue weighted by Crippen LogP contribution is 2.49. The summed E-state index contributed by atoms with van der Waals surface area (Å²) in [7, 11) is 0. The Bertz CT molecular complexity index is 629. The van der Waals surface area contributed by atoms with E-state index >= 15 is 0 Å². The van der Waals surface area contributed by atoms with Gasteiger partial charge in [-0.25, -0.2) is 0 Å². The van der Waals surface area contributed by atoms with Gasteiger partial charge in [-0.1, -0.05) is 30.3 Å². The highest BCUT2D eigenvalue weighted by molar-refractivity contribution is 5.82. The fraction of sp³-hybridized carbons (Fsp3) is 0.389. The van der Waals surface area contributed by atoms with Gasteiger partial charge >= 0.3 is 0 Å². The zero-order valence-electron chi connectivity index (χ0n) is 11.9. The number of amides is 1. The molecule has 2 aromatic rings. The molecular weight excluding hydrogens is 262 g/mol. The normalized spacial score (nSPS) is 25.3. The molecule has 108 valence electrons. The topological polar surface area (TPSA) is 42.2 Å². The monoisotopic (exact) mass is 281 g/mol. The summed E-state index contributed by atoms with van der Waals surface area (Å²) in [5, 5.41) is 3.16. The van der Waals surface area contributed by atoms with E-state index in [1.54, 1.807) is 6.26 Å². The van der Waals surface area contributed by atoms with E-state index in [1.165, 1.54) is 18.4 Å². The maximum Gasteiger partial charge on any atom is 0.223 e. The van der Waals surface area contributed by atoms with Crippen LogP contribution < -0.4 is 5.32 Å². The number of hydrogen-bond donors (Lipinski definition) is 1. The lowest BCUT2D eigenvalue weighted by atomic mass is 9.96. The highest BCUT2D eigenvalue weighted by atomic mass is 16.3. The Labute approximate surface area is 124 Å². The number of rotatable bonds is 5. The summed E-state index contributed by atoms with van der Waals surface area (Å²) < 4.78 is 5.38. The molecule has 0 radical (unpaired) electrons. The van der Waals surface area contributed by atoms with E-state index in [4.69, 9.17) is 4.42 Å². The zero-order valence-corrected chi connectivity index (χ0v) is 11.9. The highest BCUT2D eigenvalue weighted by Gasteiger charge is 2.48. The molecule has 21 heavy (non-hydrogen) atoms. The number of furan rings is 1. The summed E-state index contributed by atoms with van der Waals surface area (Å²) in [5.74, 6) is 1.51. The lowest BCUT2D eigenvalue weighted by Gasteiger charge is -2.16. The van der Waals surface area contributed by atoms with Crippen molar-refractivity contribution >= 4 is 5.91 Å². The Morgan fingerprint density at radius 1 is 1.19 bits per heavy atom. The Hall–Kier alpha value is -2.03. The maximum absolute atomic E-state index is 12.3. The van der Waals surface area contributed by atoms with Crippen LogP contribution in [0.4, 0.5) is 0 Å². The first-order chi connectivity index (χ1) is 10.3. The van der Waals surface area contributed by atoms with Crippen LogP contribution in [-0.2, 0) is 10.2 Å². The van der Waals surface area contributed by atoms with Crippen molar-refractivity contribution in [2.45, 2.75) is 30.6 Å². The largest absolute Gasteiger partial charge is 0.469 e. The average Bonchev–Trinajstić information content (AvgIpc) is 3.44. The van der Waals surface area contributed by atoms with E-state index in [0.717, 1.165) is 18.7 Å². The van der Waals surface area contributed by atoms with Gasteiger partial charge in [0.25, 0.3) is 0 Å². The maximum atomic E-state index is 12.3. The van der Waals surface area contributed by atoms with Gasteiger partial charge in [-0.05, 0) is 37.0 Å². The minimum absolute atomic E-state index is 0.0997. The first-order valence-electron chi connectivity index (χ1n) is 7.65. The van der Waals surface area contributed by atoms with Crippen molar-refractivity contribution in [3.63, 3.8) is 0 Å². The summed E-state index contributed by atoms with van der Waals surface area (Å²) >= 11 is 0. The van der Waals surface area contributed by atoms with Crippen molar-refractivity contribution in [2.24, 2.45) is 5.92 Å². The molecule has 0 spiro atoms. The fourth-order valence-electron chi connectivity index (χ4n) is 3.20. The summed E-state index contributed by atoms with van der Waals surface area (Å²) in [6.07, 6.45) is 4.93. The van der Waals surface area contributed by atoms with E-state index in [2.05, 4.69) is 29.6 Å². The molecule has 0 aliphatic heterocycles. The number of carbonyl (C=O) groups is 1.